The second-order valence-electron chi connectivity index (χ2n) is 6.35. The van der Waals surface area contributed by atoms with Crippen LogP contribution in [0.2, 0.25) is 0 Å². The average Bonchev–Trinajstić information content (AvgIpc) is 3.28. The molecule has 8 heteroatoms. The second kappa shape index (κ2) is 6.53. The summed E-state index contributed by atoms with van der Waals surface area (Å²) in [6.45, 7) is 2.58. The maximum atomic E-state index is 13.5. The third kappa shape index (κ3) is 3.08. The number of benzene rings is 1. The van der Waals surface area contributed by atoms with E-state index in [1.165, 1.54) is 30.4 Å². The number of hydrogen-bond acceptors (Lipinski definition) is 4. The van der Waals surface area contributed by atoms with Crippen LogP contribution < -0.4 is 5.32 Å². The topological polar surface area (TPSA) is 66.7 Å². The standard InChI is InChI=1S/C18H17FN4O2S/c1-11(24)20-14-5-6-22(8-14)17(25)16-10-26-18-21-15(9-23(16)18)12-3-2-4-13(19)7-12/h2-4,7,9-10,14H,5-6,8H2,1H3,(H,20,24). The van der Waals surface area contributed by atoms with Gasteiger partial charge in [-0.25, -0.2) is 9.37 Å². The van der Waals surface area contributed by atoms with E-state index in [1.807, 2.05) is 0 Å². The van der Waals surface area contributed by atoms with E-state index in [9.17, 15) is 14.0 Å². The van der Waals surface area contributed by atoms with E-state index < -0.39 is 0 Å². The first-order valence-corrected chi connectivity index (χ1v) is 9.18. The Morgan fingerprint density at radius 1 is 1.38 bits per heavy atom. The van der Waals surface area contributed by atoms with Crippen LogP contribution in [0.4, 0.5) is 4.39 Å². The third-order valence-corrected chi connectivity index (χ3v) is 5.27. The zero-order chi connectivity index (χ0) is 18.3. The first-order chi connectivity index (χ1) is 12.5. The number of thiazole rings is 1. The van der Waals surface area contributed by atoms with Crippen LogP contribution in [0.15, 0.2) is 35.8 Å². The van der Waals surface area contributed by atoms with Crippen molar-refractivity contribution in [1.29, 1.82) is 0 Å². The van der Waals surface area contributed by atoms with E-state index in [4.69, 9.17) is 0 Å². The molecule has 1 saturated heterocycles. The number of likely N-dealkylation sites (tertiary alicyclic amines) is 1. The molecule has 4 rings (SSSR count). The molecule has 1 aliphatic rings. The van der Waals surface area contributed by atoms with Crippen molar-refractivity contribution in [3.8, 4) is 11.3 Å². The Bertz CT molecular complexity index is 996. The summed E-state index contributed by atoms with van der Waals surface area (Å²) < 4.78 is 15.2. The summed E-state index contributed by atoms with van der Waals surface area (Å²) in [5.74, 6) is -0.500. The number of hydrogen-bond donors (Lipinski definition) is 1. The van der Waals surface area contributed by atoms with E-state index in [1.54, 1.807) is 33.0 Å². The smallest absolute Gasteiger partial charge is 0.271 e. The van der Waals surface area contributed by atoms with E-state index in [2.05, 4.69) is 10.3 Å². The molecule has 6 nitrogen and oxygen atoms in total. The molecular formula is C18H17FN4O2S. The zero-order valence-electron chi connectivity index (χ0n) is 14.1. The highest BCUT2D eigenvalue weighted by Gasteiger charge is 2.29. The third-order valence-electron chi connectivity index (χ3n) is 4.43. The molecule has 0 aliphatic carbocycles. The SMILES string of the molecule is CC(=O)NC1CCN(C(=O)c2csc3nc(-c4cccc(F)c4)cn23)C1. The van der Waals surface area contributed by atoms with Crippen molar-refractivity contribution >= 4 is 28.1 Å². The Morgan fingerprint density at radius 2 is 2.23 bits per heavy atom. The van der Waals surface area contributed by atoms with Gasteiger partial charge in [0.2, 0.25) is 5.91 Å². The van der Waals surface area contributed by atoms with Crippen LogP contribution in [0.5, 0.6) is 0 Å². The molecule has 26 heavy (non-hydrogen) atoms. The normalized spacial score (nSPS) is 17.0. The van der Waals surface area contributed by atoms with Gasteiger partial charge in [-0.15, -0.1) is 11.3 Å². The Labute approximate surface area is 153 Å². The van der Waals surface area contributed by atoms with Crippen LogP contribution in [0.25, 0.3) is 16.2 Å². The molecular weight excluding hydrogens is 355 g/mol. The van der Waals surface area contributed by atoms with Gasteiger partial charge in [0, 0.05) is 43.2 Å². The molecule has 3 aromatic rings. The van der Waals surface area contributed by atoms with Crippen LogP contribution in [0.1, 0.15) is 23.8 Å². The van der Waals surface area contributed by atoms with Gasteiger partial charge < -0.3 is 10.2 Å². The van der Waals surface area contributed by atoms with Gasteiger partial charge in [0.15, 0.2) is 4.96 Å². The fraction of sp³-hybridized carbons (Fsp3) is 0.278. The van der Waals surface area contributed by atoms with Gasteiger partial charge >= 0.3 is 0 Å². The number of carbonyl (C=O) groups excluding carboxylic acids is 2. The van der Waals surface area contributed by atoms with Gasteiger partial charge in [0.05, 0.1) is 5.69 Å². The van der Waals surface area contributed by atoms with Crippen LogP contribution in [0, 0.1) is 5.82 Å². The lowest BCUT2D eigenvalue weighted by atomic mass is 10.2. The Kier molecular flexibility index (Phi) is 4.20. The van der Waals surface area contributed by atoms with Gasteiger partial charge in [-0.3, -0.25) is 14.0 Å². The summed E-state index contributed by atoms with van der Waals surface area (Å²) in [5.41, 5.74) is 1.83. The minimum Gasteiger partial charge on any atom is -0.352 e. The van der Waals surface area contributed by atoms with Crippen molar-refractivity contribution in [2.24, 2.45) is 0 Å². The number of fused-ring (bicyclic) bond motifs is 1. The molecule has 1 aliphatic heterocycles. The Balaban J connectivity index is 1.59. The van der Waals surface area contributed by atoms with Gasteiger partial charge in [0.1, 0.15) is 11.5 Å². The highest BCUT2D eigenvalue weighted by Crippen LogP contribution is 2.25. The molecule has 0 bridgehead atoms. The maximum absolute atomic E-state index is 13.5. The van der Waals surface area contributed by atoms with E-state index in [0.717, 1.165) is 6.42 Å². The molecule has 2 aromatic heterocycles. The van der Waals surface area contributed by atoms with E-state index >= 15 is 0 Å². The van der Waals surface area contributed by atoms with Crippen LogP contribution in [-0.4, -0.2) is 45.2 Å². The number of rotatable bonds is 3. The fourth-order valence-electron chi connectivity index (χ4n) is 3.24. The van der Waals surface area contributed by atoms with Gasteiger partial charge in [-0.2, -0.15) is 0 Å². The summed E-state index contributed by atoms with van der Waals surface area (Å²) in [4.78, 5) is 31.0. The van der Waals surface area contributed by atoms with Crippen LogP contribution in [-0.2, 0) is 4.79 Å². The van der Waals surface area contributed by atoms with Gasteiger partial charge in [-0.05, 0) is 18.6 Å². The number of aromatic nitrogens is 2. The lowest BCUT2D eigenvalue weighted by Crippen LogP contribution is -2.37. The molecule has 1 atom stereocenters. The quantitative estimate of drug-likeness (QED) is 0.768. The number of imidazole rings is 1. The number of halogens is 1. The second-order valence-corrected chi connectivity index (χ2v) is 7.18. The Morgan fingerprint density at radius 3 is 3.00 bits per heavy atom. The average molecular weight is 372 g/mol. The minimum atomic E-state index is -0.323. The predicted molar refractivity (Wildman–Crippen MR) is 96.6 cm³/mol. The maximum Gasteiger partial charge on any atom is 0.271 e. The zero-order valence-corrected chi connectivity index (χ0v) is 14.9. The molecule has 1 N–H and O–H groups in total. The highest BCUT2D eigenvalue weighted by atomic mass is 32.1. The van der Waals surface area contributed by atoms with E-state index in [0.29, 0.717) is 35.0 Å². The van der Waals surface area contributed by atoms with E-state index in [-0.39, 0.29) is 23.7 Å². The first-order valence-electron chi connectivity index (χ1n) is 8.30. The van der Waals surface area contributed by atoms with Crippen molar-refractivity contribution in [3.05, 3.63) is 47.4 Å². The lowest BCUT2D eigenvalue weighted by Gasteiger charge is -2.16. The molecule has 0 spiro atoms. The minimum absolute atomic E-state index is 0.00350. The monoisotopic (exact) mass is 372 g/mol. The van der Waals surface area contributed by atoms with Crippen molar-refractivity contribution in [2.45, 2.75) is 19.4 Å². The highest BCUT2D eigenvalue weighted by molar-refractivity contribution is 7.15. The molecule has 1 aromatic carbocycles. The molecule has 0 radical (unpaired) electrons. The molecule has 3 heterocycles. The van der Waals surface area contributed by atoms with Crippen LogP contribution >= 0.6 is 11.3 Å². The van der Waals surface area contributed by atoms with Crippen molar-refractivity contribution in [3.63, 3.8) is 0 Å². The molecule has 134 valence electrons. The van der Waals surface area contributed by atoms with Crippen LogP contribution in [0.3, 0.4) is 0 Å². The van der Waals surface area contributed by atoms with Crippen molar-refractivity contribution in [2.75, 3.05) is 13.1 Å². The summed E-state index contributed by atoms with van der Waals surface area (Å²) in [5, 5.41) is 4.64. The lowest BCUT2D eigenvalue weighted by molar-refractivity contribution is -0.119. The molecule has 0 saturated carbocycles. The number of carbonyl (C=O) groups is 2. The largest absolute Gasteiger partial charge is 0.352 e. The molecule has 1 unspecified atom stereocenters. The fourth-order valence-corrected chi connectivity index (χ4v) is 4.08. The summed E-state index contributed by atoms with van der Waals surface area (Å²) >= 11 is 1.37. The summed E-state index contributed by atoms with van der Waals surface area (Å²) in [7, 11) is 0. The molecule has 2 amide bonds. The van der Waals surface area contributed by atoms with Crippen molar-refractivity contribution < 1.29 is 14.0 Å². The molecule has 1 fully saturated rings. The first kappa shape index (κ1) is 16.7. The van der Waals surface area contributed by atoms with Gasteiger partial charge in [-0.1, -0.05) is 12.1 Å². The number of nitrogens with zero attached hydrogens (tertiary/aromatic N) is 3. The summed E-state index contributed by atoms with van der Waals surface area (Å²) in [6, 6.07) is 6.23. The number of nitrogens with one attached hydrogen (secondary N) is 1. The number of amides is 2. The van der Waals surface area contributed by atoms with Crippen molar-refractivity contribution in [1.82, 2.24) is 19.6 Å². The summed E-state index contributed by atoms with van der Waals surface area (Å²) in [6.07, 6.45) is 2.51. The van der Waals surface area contributed by atoms with Gasteiger partial charge in [0.25, 0.3) is 5.91 Å². The predicted octanol–water partition coefficient (Wildman–Crippen LogP) is 2.55. The Hall–Kier alpha value is -2.74.